The molecule has 8 heteroatoms. The Labute approximate surface area is 174 Å². The molecule has 0 aromatic heterocycles. The Bertz CT molecular complexity index is 777. The van der Waals surface area contributed by atoms with Gasteiger partial charge in [-0.05, 0) is 61.8 Å². The lowest BCUT2D eigenvalue weighted by molar-refractivity contribution is -0.127. The second kappa shape index (κ2) is 9.94. The van der Waals surface area contributed by atoms with Gasteiger partial charge in [-0.25, -0.2) is 12.7 Å². The van der Waals surface area contributed by atoms with E-state index in [2.05, 4.69) is 5.32 Å². The maximum absolute atomic E-state index is 12.8. The molecular weight excluding hydrogens is 398 g/mol. The Morgan fingerprint density at radius 3 is 2.64 bits per heavy atom. The molecule has 0 bridgehead atoms. The van der Waals surface area contributed by atoms with Crippen LogP contribution in [-0.4, -0.2) is 37.5 Å². The van der Waals surface area contributed by atoms with Crippen molar-refractivity contribution in [2.45, 2.75) is 57.9 Å². The van der Waals surface area contributed by atoms with Crippen LogP contribution < -0.4 is 11.1 Å². The lowest BCUT2D eigenvalue weighted by Gasteiger charge is -2.32. The Hall–Kier alpha value is -1.31. The molecule has 0 radical (unpaired) electrons. The van der Waals surface area contributed by atoms with Crippen molar-refractivity contribution >= 4 is 34.0 Å². The highest BCUT2D eigenvalue weighted by molar-refractivity contribution is 7.89. The van der Waals surface area contributed by atoms with Crippen molar-refractivity contribution in [1.82, 2.24) is 9.62 Å². The van der Waals surface area contributed by atoms with Crippen LogP contribution in [0.4, 0.5) is 5.69 Å². The summed E-state index contributed by atoms with van der Waals surface area (Å²) in [5, 5.41) is 3.20. The molecule has 0 spiro atoms. The molecule has 0 saturated carbocycles. The van der Waals surface area contributed by atoms with Crippen LogP contribution in [0.2, 0.25) is 0 Å². The molecule has 3 rings (SSSR count). The number of nitrogens with two attached hydrogens (primary N) is 1. The van der Waals surface area contributed by atoms with Crippen molar-refractivity contribution < 1.29 is 13.2 Å². The molecule has 1 aliphatic carbocycles. The van der Waals surface area contributed by atoms with Gasteiger partial charge in [0.1, 0.15) is 0 Å². The largest absolute Gasteiger partial charge is 0.399 e. The summed E-state index contributed by atoms with van der Waals surface area (Å²) in [5.41, 5.74) is 9.04. The summed E-state index contributed by atoms with van der Waals surface area (Å²) in [6, 6.07) is 5.96. The molecule has 3 N–H and O–H groups in total. The number of benzene rings is 1. The lowest BCUT2D eigenvalue weighted by Crippen LogP contribution is -2.44. The number of rotatable bonds is 6. The first-order chi connectivity index (χ1) is 12.9. The standard InChI is InChI=1S/C20H31N3O3S.ClH/c1-2-3-13-27(25,26)23-11-9-15(10-12-23)20(24)22-19-6-4-5-16-14-17(21)7-8-18(16)19;/h7-8,14-15,19H,2-6,9-13,21H2,1H3,(H,22,24);1H. The van der Waals surface area contributed by atoms with Crippen LogP contribution in [0, 0.1) is 5.92 Å². The number of carbonyl (C=O) groups is 1. The van der Waals surface area contributed by atoms with Gasteiger partial charge in [0.15, 0.2) is 0 Å². The molecule has 1 aromatic rings. The molecule has 1 saturated heterocycles. The highest BCUT2D eigenvalue weighted by Crippen LogP contribution is 2.32. The molecule has 1 unspecified atom stereocenters. The van der Waals surface area contributed by atoms with Gasteiger partial charge in [0.2, 0.25) is 15.9 Å². The van der Waals surface area contributed by atoms with E-state index in [1.54, 1.807) is 4.31 Å². The number of fused-ring (bicyclic) bond motifs is 1. The van der Waals surface area contributed by atoms with Crippen LogP contribution in [0.1, 0.15) is 62.6 Å². The van der Waals surface area contributed by atoms with Gasteiger partial charge in [0, 0.05) is 24.7 Å². The summed E-state index contributed by atoms with van der Waals surface area (Å²) in [5.74, 6) is 0.152. The minimum atomic E-state index is -3.18. The summed E-state index contributed by atoms with van der Waals surface area (Å²) in [7, 11) is -3.18. The van der Waals surface area contributed by atoms with E-state index in [1.165, 1.54) is 11.1 Å². The molecule has 2 aliphatic rings. The molecule has 1 aromatic carbocycles. The smallest absolute Gasteiger partial charge is 0.223 e. The van der Waals surface area contributed by atoms with E-state index in [9.17, 15) is 13.2 Å². The average Bonchev–Trinajstić information content (AvgIpc) is 2.66. The molecule has 1 amide bonds. The maximum atomic E-state index is 12.8. The second-order valence-electron chi connectivity index (χ2n) is 7.75. The number of anilines is 1. The number of unbranched alkanes of at least 4 members (excludes halogenated alkanes) is 1. The van der Waals surface area contributed by atoms with Crippen molar-refractivity contribution in [2.75, 3.05) is 24.6 Å². The van der Waals surface area contributed by atoms with Gasteiger partial charge in [0.25, 0.3) is 0 Å². The summed E-state index contributed by atoms with van der Waals surface area (Å²) in [6.45, 7) is 2.88. The number of nitrogens with zero attached hydrogens (tertiary/aromatic N) is 1. The average molecular weight is 430 g/mol. The van der Waals surface area contributed by atoms with Gasteiger partial charge in [-0.3, -0.25) is 4.79 Å². The number of carbonyl (C=O) groups excluding carboxylic acids is 1. The van der Waals surface area contributed by atoms with Crippen molar-refractivity contribution in [3.63, 3.8) is 0 Å². The van der Waals surface area contributed by atoms with E-state index in [-0.39, 0.29) is 36.0 Å². The van der Waals surface area contributed by atoms with Gasteiger partial charge in [-0.1, -0.05) is 19.4 Å². The fourth-order valence-electron chi connectivity index (χ4n) is 4.13. The minimum absolute atomic E-state index is 0. The molecule has 6 nitrogen and oxygen atoms in total. The molecule has 1 atom stereocenters. The normalized spacial score (nSPS) is 20.8. The van der Waals surface area contributed by atoms with Gasteiger partial charge in [-0.2, -0.15) is 0 Å². The zero-order valence-corrected chi connectivity index (χ0v) is 18.2. The maximum Gasteiger partial charge on any atom is 0.223 e. The van der Waals surface area contributed by atoms with Crippen LogP contribution in [-0.2, 0) is 21.2 Å². The molecular formula is C20H32ClN3O3S. The number of nitrogens with one attached hydrogen (secondary N) is 1. The lowest BCUT2D eigenvalue weighted by atomic mass is 9.86. The molecule has 1 heterocycles. The SMILES string of the molecule is CCCCS(=O)(=O)N1CCC(C(=O)NC2CCCc3cc(N)ccc32)CC1.Cl. The van der Waals surface area contributed by atoms with Crippen LogP contribution >= 0.6 is 12.4 Å². The monoisotopic (exact) mass is 429 g/mol. The second-order valence-corrected chi connectivity index (χ2v) is 9.84. The number of halogens is 1. The predicted molar refractivity (Wildman–Crippen MR) is 115 cm³/mol. The van der Waals surface area contributed by atoms with Crippen molar-refractivity contribution in [3.8, 4) is 0 Å². The number of hydrogen-bond donors (Lipinski definition) is 2. The van der Waals surface area contributed by atoms with Crippen molar-refractivity contribution in [2.24, 2.45) is 5.92 Å². The van der Waals surface area contributed by atoms with E-state index >= 15 is 0 Å². The van der Waals surface area contributed by atoms with Gasteiger partial charge in [0.05, 0.1) is 11.8 Å². The van der Waals surface area contributed by atoms with Crippen LogP contribution in [0.25, 0.3) is 0 Å². The molecule has 158 valence electrons. The predicted octanol–water partition coefficient (Wildman–Crippen LogP) is 3.03. The Kier molecular flexibility index (Phi) is 8.16. The number of nitrogen functional groups attached to an aromatic ring is 1. The first kappa shape index (κ1) is 23.0. The summed E-state index contributed by atoms with van der Waals surface area (Å²) in [4.78, 5) is 12.8. The Morgan fingerprint density at radius 1 is 1.25 bits per heavy atom. The van der Waals surface area contributed by atoms with E-state index in [0.717, 1.165) is 31.4 Å². The Balaban J connectivity index is 0.00000280. The number of hydrogen-bond acceptors (Lipinski definition) is 4. The van der Waals surface area contributed by atoms with Gasteiger partial charge < -0.3 is 11.1 Å². The molecule has 1 fully saturated rings. The molecule has 28 heavy (non-hydrogen) atoms. The highest BCUT2D eigenvalue weighted by atomic mass is 35.5. The first-order valence-electron chi connectivity index (χ1n) is 10.1. The van der Waals surface area contributed by atoms with Crippen LogP contribution in [0.3, 0.4) is 0 Å². The fourth-order valence-corrected chi connectivity index (χ4v) is 5.80. The number of sulfonamides is 1. The number of amides is 1. The third kappa shape index (κ3) is 5.39. The summed E-state index contributed by atoms with van der Waals surface area (Å²) in [6.07, 6.45) is 5.72. The quantitative estimate of drug-likeness (QED) is 0.679. The van der Waals surface area contributed by atoms with Crippen LogP contribution in [0.5, 0.6) is 0 Å². The third-order valence-electron chi connectivity index (χ3n) is 5.77. The van der Waals surface area contributed by atoms with E-state index < -0.39 is 10.0 Å². The van der Waals surface area contributed by atoms with Crippen LogP contribution in [0.15, 0.2) is 18.2 Å². The third-order valence-corrected chi connectivity index (χ3v) is 7.73. The summed E-state index contributed by atoms with van der Waals surface area (Å²) >= 11 is 0. The zero-order chi connectivity index (χ0) is 19.4. The minimum Gasteiger partial charge on any atom is -0.399 e. The summed E-state index contributed by atoms with van der Waals surface area (Å²) < 4.78 is 26.2. The van der Waals surface area contributed by atoms with Crippen molar-refractivity contribution in [1.29, 1.82) is 0 Å². The highest BCUT2D eigenvalue weighted by Gasteiger charge is 2.32. The van der Waals surface area contributed by atoms with Gasteiger partial charge >= 0.3 is 0 Å². The number of piperidine rings is 1. The number of aryl methyl sites for hydroxylation is 1. The molecule has 1 aliphatic heterocycles. The van der Waals surface area contributed by atoms with E-state index in [4.69, 9.17) is 5.73 Å². The van der Waals surface area contributed by atoms with E-state index in [1.807, 2.05) is 25.1 Å². The van der Waals surface area contributed by atoms with Crippen molar-refractivity contribution in [3.05, 3.63) is 29.3 Å². The van der Waals surface area contributed by atoms with E-state index in [0.29, 0.717) is 32.4 Å². The van der Waals surface area contributed by atoms with Gasteiger partial charge in [-0.15, -0.1) is 12.4 Å². The fraction of sp³-hybridized carbons (Fsp3) is 0.650. The zero-order valence-electron chi connectivity index (χ0n) is 16.5. The Morgan fingerprint density at radius 2 is 1.96 bits per heavy atom. The topological polar surface area (TPSA) is 92.5 Å². The first-order valence-corrected chi connectivity index (χ1v) is 11.7.